The van der Waals surface area contributed by atoms with E-state index in [-0.39, 0.29) is 5.91 Å². The topological polar surface area (TPSA) is 47.6 Å². The molecule has 1 amide bonds. The van der Waals surface area contributed by atoms with Gasteiger partial charge in [-0.2, -0.15) is 0 Å². The molecule has 4 heteroatoms. The van der Waals surface area contributed by atoms with E-state index >= 15 is 0 Å². The van der Waals surface area contributed by atoms with Gasteiger partial charge in [-0.3, -0.25) is 4.79 Å². The molecule has 3 rings (SSSR count). The minimum atomic E-state index is -0.163. The van der Waals surface area contributed by atoms with Crippen LogP contribution in [0, 0.1) is 0 Å². The average molecular weight is 375 g/mol. The third-order valence-corrected chi connectivity index (χ3v) is 4.24. The van der Waals surface area contributed by atoms with Crippen LogP contribution in [0.5, 0.6) is 11.5 Å². The average Bonchev–Trinajstić information content (AvgIpc) is 2.73. The number of carbonyl (C=O) groups excluding carboxylic acids is 1. The first-order valence-corrected chi connectivity index (χ1v) is 9.55. The molecule has 0 aromatic heterocycles. The Morgan fingerprint density at radius 3 is 2.39 bits per heavy atom. The van der Waals surface area contributed by atoms with Crippen molar-refractivity contribution in [3.05, 3.63) is 90.0 Å². The Kier molecular flexibility index (Phi) is 7.08. The Morgan fingerprint density at radius 1 is 0.857 bits per heavy atom. The maximum Gasteiger partial charge on any atom is 0.255 e. The van der Waals surface area contributed by atoms with Crippen LogP contribution in [0.4, 0.5) is 5.69 Å². The molecular weight excluding hydrogens is 350 g/mol. The Hall–Kier alpha value is -3.27. The molecule has 0 bridgehead atoms. The van der Waals surface area contributed by atoms with Crippen molar-refractivity contribution in [1.82, 2.24) is 0 Å². The molecule has 0 fully saturated rings. The Labute approximate surface area is 166 Å². The lowest BCUT2D eigenvalue weighted by Gasteiger charge is -2.10. The molecule has 0 aliphatic carbocycles. The van der Waals surface area contributed by atoms with Gasteiger partial charge in [0.2, 0.25) is 0 Å². The van der Waals surface area contributed by atoms with E-state index in [0.29, 0.717) is 24.5 Å². The van der Waals surface area contributed by atoms with Crippen LogP contribution >= 0.6 is 0 Å². The highest BCUT2D eigenvalue weighted by molar-refractivity contribution is 6.04. The van der Waals surface area contributed by atoms with Crippen LogP contribution in [0.25, 0.3) is 0 Å². The van der Waals surface area contributed by atoms with Crippen molar-refractivity contribution >= 4 is 11.6 Å². The quantitative estimate of drug-likeness (QED) is 0.513. The summed E-state index contributed by atoms with van der Waals surface area (Å²) in [5, 5.41) is 2.91. The van der Waals surface area contributed by atoms with Gasteiger partial charge in [-0.1, -0.05) is 36.4 Å². The summed E-state index contributed by atoms with van der Waals surface area (Å²) in [6.07, 6.45) is 1.92. The SMILES string of the molecule is CCOc1ccc(C(=O)Nc2cccc(OCCCc3ccccc3)c2)cc1. The van der Waals surface area contributed by atoms with Crippen LogP contribution in [-0.4, -0.2) is 19.1 Å². The second kappa shape index (κ2) is 10.2. The molecule has 0 aliphatic rings. The van der Waals surface area contributed by atoms with Crippen molar-refractivity contribution < 1.29 is 14.3 Å². The zero-order valence-corrected chi connectivity index (χ0v) is 16.1. The number of nitrogens with one attached hydrogen (secondary N) is 1. The van der Waals surface area contributed by atoms with E-state index in [0.717, 1.165) is 24.3 Å². The van der Waals surface area contributed by atoms with E-state index in [1.807, 2.05) is 49.4 Å². The standard InChI is InChI=1S/C24H25NO3/c1-2-27-22-15-13-20(14-16-22)24(26)25-21-11-6-12-23(18-21)28-17-7-10-19-8-4-3-5-9-19/h3-6,8-9,11-16,18H,2,7,10,17H2,1H3,(H,25,26). The van der Waals surface area contributed by atoms with E-state index < -0.39 is 0 Å². The highest BCUT2D eigenvalue weighted by Crippen LogP contribution is 2.19. The van der Waals surface area contributed by atoms with E-state index in [1.165, 1.54) is 5.56 Å². The van der Waals surface area contributed by atoms with Gasteiger partial charge < -0.3 is 14.8 Å². The Morgan fingerprint density at radius 2 is 1.64 bits per heavy atom. The second-order valence-corrected chi connectivity index (χ2v) is 6.38. The maximum absolute atomic E-state index is 12.4. The van der Waals surface area contributed by atoms with Crippen LogP contribution in [0.1, 0.15) is 29.3 Å². The number of benzene rings is 3. The fourth-order valence-corrected chi connectivity index (χ4v) is 2.85. The normalized spacial score (nSPS) is 10.3. The molecular formula is C24H25NO3. The van der Waals surface area contributed by atoms with Crippen molar-refractivity contribution in [3.8, 4) is 11.5 Å². The van der Waals surface area contributed by atoms with Gasteiger partial charge >= 0.3 is 0 Å². The molecule has 0 aliphatic heterocycles. The van der Waals surface area contributed by atoms with Crippen molar-refractivity contribution in [3.63, 3.8) is 0 Å². The number of carbonyl (C=O) groups is 1. The van der Waals surface area contributed by atoms with Crippen molar-refractivity contribution in [2.75, 3.05) is 18.5 Å². The van der Waals surface area contributed by atoms with Gasteiger partial charge in [0.1, 0.15) is 11.5 Å². The molecule has 3 aromatic carbocycles. The molecule has 0 heterocycles. The molecule has 0 radical (unpaired) electrons. The van der Waals surface area contributed by atoms with Gasteiger partial charge in [-0.05, 0) is 61.7 Å². The molecule has 1 N–H and O–H groups in total. The van der Waals surface area contributed by atoms with E-state index in [9.17, 15) is 4.79 Å². The largest absolute Gasteiger partial charge is 0.494 e. The summed E-state index contributed by atoms with van der Waals surface area (Å²) in [6, 6.07) is 24.9. The predicted octanol–water partition coefficient (Wildman–Crippen LogP) is 5.35. The predicted molar refractivity (Wildman–Crippen MR) is 112 cm³/mol. The summed E-state index contributed by atoms with van der Waals surface area (Å²) in [4.78, 5) is 12.4. The zero-order valence-electron chi connectivity index (χ0n) is 16.1. The lowest BCUT2D eigenvalue weighted by molar-refractivity contribution is 0.102. The van der Waals surface area contributed by atoms with Gasteiger partial charge in [0.05, 0.1) is 13.2 Å². The lowest BCUT2D eigenvalue weighted by atomic mass is 10.1. The monoisotopic (exact) mass is 375 g/mol. The van der Waals surface area contributed by atoms with Crippen LogP contribution in [0.3, 0.4) is 0 Å². The number of aryl methyl sites for hydroxylation is 1. The first-order valence-electron chi connectivity index (χ1n) is 9.55. The Bertz CT molecular complexity index is 876. The summed E-state index contributed by atoms with van der Waals surface area (Å²) in [6.45, 7) is 3.16. The van der Waals surface area contributed by atoms with E-state index in [2.05, 4.69) is 17.4 Å². The fraction of sp³-hybridized carbons (Fsp3) is 0.208. The van der Waals surface area contributed by atoms with Crippen molar-refractivity contribution in [2.45, 2.75) is 19.8 Å². The summed E-state index contributed by atoms with van der Waals surface area (Å²) < 4.78 is 11.2. The van der Waals surface area contributed by atoms with E-state index in [1.54, 1.807) is 24.3 Å². The first kappa shape index (κ1) is 19.5. The molecule has 4 nitrogen and oxygen atoms in total. The maximum atomic E-state index is 12.4. The lowest BCUT2D eigenvalue weighted by Crippen LogP contribution is -2.12. The van der Waals surface area contributed by atoms with Crippen LogP contribution in [0.15, 0.2) is 78.9 Å². The number of hydrogen-bond donors (Lipinski definition) is 1. The minimum Gasteiger partial charge on any atom is -0.494 e. The van der Waals surface area contributed by atoms with Gasteiger partial charge in [-0.25, -0.2) is 0 Å². The highest BCUT2D eigenvalue weighted by Gasteiger charge is 2.07. The number of amides is 1. The molecule has 0 atom stereocenters. The second-order valence-electron chi connectivity index (χ2n) is 6.38. The van der Waals surface area contributed by atoms with Gasteiger partial charge in [0.25, 0.3) is 5.91 Å². The van der Waals surface area contributed by atoms with Gasteiger partial charge in [0.15, 0.2) is 0 Å². The first-order chi connectivity index (χ1) is 13.7. The Balaban J connectivity index is 1.50. The zero-order chi connectivity index (χ0) is 19.6. The van der Waals surface area contributed by atoms with Crippen LogP contribution < -0.4 is 14.8 Å². The third-order valence-electron chi connectivity index (χ3n) is 4.24. The molecule has 0 saturated carbocycles. The summed E-state index contributed by atoms with van der Waals surface area (Å²) in [5.41, 5.74) is 2.60. The number of ether oxygens (including phenoxy) is 2. The molecule has 0 saturated heterocycles. The van der Waals surface area contributed by atoms with Crippen LogP contribution in [0.2, 0.25) is 0 Å². The van der Waals surface area contributed by atoms with Gasteiger partial charge in [0, 0.05) is 17.3 Å². The molecule has 28 heavy (non-hydrogen) atoms. The van der Waals surface area contributed by atoms with Crippen molar-refractivity contribution in [2.24, 2.45) is 0 Å². The third kappa shape index (κ3) is 5.88. The molecule has 3 aromatic rings. The summed E-state index contributed by atoms with van der Waals surface area (Å²) in [5.74, 6) is 1.34. The number of rotatable bonds is 9. The number of anilines is 1. The summed E-state index contributed by atoms with van der Waals surface area (Å²) >= 11 is 0. The smallest absolute Gasteiger partial charge is 0.255 e. The molecule has 144 valence electrons. The van der Waals surface area contributed by atoms with Crippen molar-refractivity contribution in [1.29, 1.82) is 0 Å². The molecule has 0 unspecified atom stereocenters. The van der Waals surface area contributed by atoms with Crippen LogP contribution in [-0.2, 0) is 6.42 Å². The fourth-order valence-electron chi connectivity index (χ4n) is 2.85. The number of hydrogen-bond acceptors (Lipinski definition) is 3. The summed E-state index contributed by atoms with van der Waals surface area (Å²) in [7, 11) is 0. The van der Waals surface area contributed by atoms with Gasteiger partial charge in [-0.15, -0.1) is 0 Å². The highest BCUT2D eigenvalue weighted by atomic mass is 16.5. The minimum absolute atomic E-state index is 0.163. The van der Waals surface area contributed by atoms with E-state index in [4.69, 9.17) is 9.47 Å². The molecule has 0 spiro atoms.